The predicted octanol–water partition coefficient (Wildman–Crippen LogP) is 2.92. The maximum Gasteiger partial charge on any atom is 0.296 e. The summed E-state index contributed by atoms with van der Waals surface area (Å²) >= 11 is 0. The van der Waals surface area contributed by atoms with Crippen molar-refractivity contribution in [1.29, 1.82) is 0 Å². The van der Waals surface area contributed by atoms with Crippen LogP contribution in [0, 0.1) is 11.8 Å². The zero-order valence-corrected chi connectivity index (χ0v) is 12.5. The van der Waals surface area contributed by atoms with Gasteiger partial charge in [-0.3, -0.25) is 4.79 Å². The van der Waals surface area contributed by atoms with Gasteiger partial charge in [0.1, 0.15) is 0 Å². The van der Waals surface area contributed by atoms with Gasteiger partial charge in [0.2, 0.25) is 0 Å². The molecule has 0 heterocycles. The lowest BCUT2D eigenvalue weighted by Crippen LogP contribution is -2.27. The number of carbonyl (C=O) groups excluding carboxylic acids is 1. The molecular weight excluding hydrogens is 274 g/mol. The van der Waals surface area contributed by atoms with Gasteiger partial charge in [0.05, 0.1) is 6.04 Å². The first-order valence-corrected chi connectivity index (χ1v) is 7.24. The topological polar surface area (TPSA) is 49.3 Å². The lowest BCUT2D eigenvalue weighted by Gasteiger charge is -2.17. The molecule has 112 valence electrons. The number of amides is 1. The van der Waals surface area contributed by atoms with Crippen molar-refractivity contribution in [3.05, 3.63) is 60.2 Å². The third-order valence-electron chi connectivity index (χ3n) is 3.38. The number of rotatable bonds is 5. The Kier molecular flexibility index (Phi) is 5.76. The van der Waals surface area contributed by atoms with E-state index in [2.05, 4.69) is 29.3 Å². The van der Waals surface area contributed by atoms with E-state index in [1.54, 1.807) is 6.92 Å². The molecule has 2 rings (SSSR count). The first-order valence-electron chi connectivity index (χ1n) is 7.24. The lowest BCUT2D eigenvalue weighted by atomic mass is 9.99. The minimum Gasteiger partial charge on any atom is -0.396 e. The van der Waals surface area contributed by atoms with Crippen LogP contribution in [-0.2, 0) is 4.79 Å². The molecule has 22 heavy (non-hydrogen) atoms. The molecule has 2 aromatic rings. The smallest absolute Gasteiger partial charge is 0.296 e. The van der Waals surface area contributed by atoms with E-state index in [4.69, 9.17) is 0 Å². The molecular formula is C19H19NO2. The summed E-state index contributed by atoms with van der Waals surface area (Å²) in [6.45, 7) is 1.63. The molecule has 0 aliphatic carbocycles. The van der Waals surface area contributed by atoms with Gasteiger partial charge in [0.25, 0.3) is 5.91 Å². The number of aliphatic hydroxyl groups excluding tert-OH is 1. The van der Waals surface area contributed by atoms with Crippen molar-refractivity contribution in [3.8, 4) is 23.0 Å². The summed E-state index contributed by atoms with van der Waals surface area (Å²) in [5.41, 5.74) is 3.22. The fourth-order valence-corrected chi connectivity index (χ4v) is 2.30. The third-order valence-corrected chi connectivity index (χ3v) is 3.38. The van der Waals surface area contributed by atoms with Crippen LogP contribution < -0.4 is 5.32 Å². The summed E-state index contributed by atoms with van der Waals surface area (Å²) in [6.07, 6.45) is 0.460. The van der Waals surface area contributed by atoms with Crippen LogP contribution in [0.5, 0.6) is 0 Å². The normalized spacial score (nSPS) is 11.2. The molecule has 1 atom stereocenters. The molecule has 2 N–H and O–H groups in total. The highest BCUT2D eigenvalue weighted by molar-refractivity contribution is 5.93. The highest BCUT2D eigenvalue weighted by Crippen LogP contribution is 2.23. The Morgan fingerprint density at radius 2 is 1.73 bits per heavy atom. The van der Waals surface area contributed by atoms with Crippen LogP contribution in [0.2, 0.25) is 0 Å². The summed E-state index contributed by atoms with van der Waals surface area (Å²) in [5.74, 6) is 4.71. The molecule has 0 saturated carbocycles. The fraction of sp³-hybridized carbons (Fsp3) is 0.211. The third kappa shape index (κ3) is 4.21. The first-order chi connectivity index (χ1) is 10.7. The minimum absolute atomic E-state index is 0.00490. The quantitative estimate of drug-likeness (QED) is 0.833. The minimum atomic E-state index is -0.326. The van der Waals surface area contributed by atoms with Gasteiger partial charge < -0.3 is 10.4 Å². The average molecular weight is 293 g/mol. The van der Waals surface area contributed by atoms with Crippen LogP contribution in [0.25, 0.3) is 11.1 Å². The predicted molar refractivity (Wildman–Crippen MR) is 87.9 cm³/mol. The second kappa shape index (κ2) is 8.02. The van der Waals surface area contributed by atoms with Crippen molar-refractivity contribution in [2.45, 2.75) is 19.4 Å². The molecule has 0 bridgehead atoms. The molecule has 1 amide bonds. The average Bonchev–Trinajstić information content (AvgIpc) is 2.56. The number of carbonyl (C=O) groups is 1. The van der Waals surface area contributed by atoms with E-state index in [9.17, 15) is 9.90 Å². The van der Waals surface area contributed by atoms with Crippen LogP contribution in [-0.4, -0.2) is 17.6 Å². The van der Waals surface area contributed by atoms with Crippen molar-refractivity contribution in [3.63, 3.8) is 0 Å². The van der Waals surface area contributed by atoms with Crippen molar-refractivity contribution in [1.82, 2.24) is 5.32 Å². The molecule has 3 nitrogen and oxygen atoms in total. The van der Waals surface area contributed by atoms with E-state index >= 15 is 0 Å². The highest BCUT2D eigenvalue weighted by Gasteiger charge is 2.13. The Morgan fingerprint density at radius 3 is 2.32 bits per heavy atom. The van der Waals surface area contributed by atoms with E-state index in [1.807, 2.05) is 42.5 Å². The molecule has 0 spiro atoms. The number of hydrogen-bond donors (Lipinski definition) is 2. The number of benzene rings is 2. The van der Waals surface area contributed by atoms with Crippen LogP contribution in [0.1, 0.15) is 24.9 Å². The largest absolute Gasteiger partial charge is 0.396 e. The van der Waals surface area contributed by atoms with Gasteiger partial charge in [-0.05, 0) is 36.0 Å². The van der Waals surface area contributed by atoms with E-state index in [0.29, 0.717) is 6.42 Å². The highest BCUT2D eigenvalue weighted by atomic mass is 16.3. The summed E-state index contributed by atoms with van der Waals surface area (Å²) in [7, 11) is 0. The summed E-state index contributed by atoms with van der Waals surface area (Å²) in [4.78, 5) is 11.6. The Hall–Kier alpha value is -2.57. The monoisotopic (exact) mass is 293 g/mol. The van der Waals surface area contributed by atoms with Crippen molar-refractivity contribution < 1.29 is 9.90 Å². The molecule has 0 aliphatic heterocycles. The Labute approximate surface area is 131 Å². The van der Waals surface area contributed by atoms with E-state index in [-0.39, 0.29) is 18.6 Å². The first kappa shape index (κ1) is 15.8. The van der Waals surface area contributed by atoms with Crippen LogP contribution >= 0.6 is 0 Å². The number of nitrogens with one attached hydrogen (secondary N) is 1. The zero-order valence-electron chi connectivity index (χ0n) is 12.5. The summed E-state index contributed by atoms with van der Waals surface area (Å²) in [5, 5.41) is 12.0. The van der Waals surface area contributed by atoms with E-state index in [1.165, 1.54) is 0 Å². The SMILES string of the molecule is CC#CC(=O)N[C@@H](CCO)c1ccc(-c2ccccc2)cc1. The molecule has 0 saturated heterocycles. The van der Waals surface area contributed by atoms with E-state index in [0.717, 1.165) is 16.7 Å². The Balaban J connectivity index is 2.18. The number of hydrogen-bond acceptors (Lipinski definition) is 2. The van der Waals surface area contributed by atoms with Crippen molar-refractivity contribution in [2.24, 2.45) is 0 Å². The van der Waals surface area contributed by atoms with Crippen LogP contribution in [0.3, 0.4) is 0 Å². The van der Waals surface area contributed by atoms with Gasteiger partial charge in [-0.1, -0.05) is 60.5 Å². The number of aliphatic hydroxyl groups is 1. The van der Waals surface area contributed by atoms with Gasteiger partial charge >= 0.3 is 0 Å². The summed E-state index contributed by atoms with van der Waals surface area (Å²) < 4.78 is 0. The van der Waals surface area contributed by atoms with Crippen LogP contribution in [0.4, 0.5) is 0 Å². The maximum atomic E-state index is 11.6. The van der Waals surface area contributed by atoms with Crippen molar-refractivity contribution in [2.75, 3.05) is 6.61 Å². The van der Waals surface area contributed by atoms with E-state index < -0.39 is 0 Å². The standard InChI is InChI=1S/C19H19NO2/c1-2-6-19(22)20-18(13-14-21)17-11-9-16(10-12-17)15-7-4-3-5-8-15/h3-5,7-12,18,21H,13-14H2,1H3,(H,20,22)/t18-/m0/s1. The van der Waals surface area contributed by atoms with Gasteiger partial charge in [-0.2, -0.15) is 0 Å². The molecule has 2 aromatic carbocycles. The molecule has 0 radical (unpaired) electrons. The van der Waals surface area contributed by atoms with Gasteiger partial charge in [-0.25, -0.2) is 0 Å². The van der Waals surface area contributed by atoms with Gasteiger partial charge in [0.15, 0.2) is 0 Å². The molecule has 0 aliphatic rings. The van der Waals surface area contributed by atoms with Crippen molar-refractivity contribution >= 4 is 5.91 Å². The molecule has 0 fully saturated rings. The maximum absolute atomic E-state index is 11.6. The van der Waals surface area contributed by atoms with Gasteiger partial charge in [0, 0.05) is 6.61 Å². The fourth-order valence-electron chi connectivity index (χ4n) is 2.30. The lowest BCUT2D eigenvalue weighted by molar-refractivity contribution is -0.116. The molecule has 0 aromatic heterocycles. The second-order valence-electron chi connectivity index (χ2n) is 4.90. The second-order valence-corrected chi connectivity index (χ2v) is 4.90. The summed E-state index contributed by atoms with van der Waals surface area (Å²) in [6, 6.07) is 17.9. The van der Waals surface area contributed by atoms with Gasteiger partial charge in [-0.15, -0.1) is 0 Å². The Bertz CT molecular complexity index is 666. The zero-order chi connectivity index (χ0) is 15.8. The molecule has 0 unspecified atom stereocenters. The van der Waals surface area contributed by atoms with Crippen LogP contribution in [0.15, 0.2) is 54.6 Å². The molecule has 3 heteroatoms. The Morgan fingerprint density at radius 1 is 1.09 bits per heavy atom.